The summed E-state index contributed by atoms with van der Waals surface area (Å²) in [6.45, 7) is 6.01. The molecule has 0 radical (unpaired) electrons. The fraction of sp³-hybridized carbons (Fsp3) is 0.375. The van der Waals surface area contributed by atoms with Crippen molar-refractivity contribution in [3.05, 3.63) is 46.9 Å². The lowest BCUT2D eigenvalue weighted by Gasteiger charge is -2.30. The van der Waals surface area contributed by atoms with Crippen molar-refractivity contribution in [2.75, 3.05) is 6.61 Å². The second-order valence-electron chi connectivity index (χ2n) is 5.62. The molecule has 0 aromatic heterocycles. The van der Waals surface area contributed by atoms with Gasteiger partial charge in [-0.3, -0.25) is 0 Å². The van der Waals surface area contributed by atoms with Gasteiger partial charge in [-0.1, -0.05) is 26.0 Å². The van der Waals surface area contributed by atoms with Crippen LogP contribution < -0.4 is 10.6 Å². The minimum Gasteiger partial charge on any atom is -0.462 e. The Morgan fingerprint density at radius 1 is 1.45 bits per heavy atom. The van der Waals surface area contributed by atoms with Gasteiger partial charge in [0.25, 0.3) is 0 Å². The predicted molar refractivity (Wildman–Crippen MR) is 86.5 cm³/mol. The van der Waals surface area contributed by atoms with Gasteiger partial charge in [-0.15, -0.1) is 0 Å². The highest BCUT2D eigenvalue weighted by Crippen LogP contribution is 2.28. The Hall–Kier alpha value is -1.95. The molecule has 0 saturated heterocycles. The summed E-state index contributed by atoms with van der Waals surface area (Å²) in [6, 6.07) is 5.57. The number of nitrogens with one attached hydrogen (secondary N) is 2. The molecule has 1 heterocycles. The smallest absolute Gasteiger partial charge is 0.338 e. The van der Waals surface area contributed by atoms with Crippen molar-refractivity contribution >= 4 is 23.3 Å². The molecule has 2 N–H and O–H groups in total. The largest absolute Gasteiger partial charge is 0.462 e. The van der Waals surface area contributed by atoms with Crippen molar-refractivity contribution < 1.29 is 13.9 Å². The standard InChI is InChI=1S/C16H19FN2O2S/c1-9(2)8-21-15(20)13-10(3)18-16(22)19-14(13)11-5-4-6-12(17)7-11/h4-7,9,14H,8H2,1-3H3,(H2,18,19,22)/t14-/m1/s1. The predicted octanol–water partition coefficient (Wildman–Crippen LogP) is 2.82. The number of ether oxygens (including phenoxy) is 1. The van der Waals surface area contributed by atoms with Crippen LogP contribution in [0.2, 0.25) is 0 Å². The van der Waals surface area contributed by atoms with Crippen LogP contribution in [-0.2, 0) is 9.53 Å². The van der Waals surface area contributed by atoms with E-state index in [-0.39, 0.29) is 11.7 Å². The molecular formula is C16H19FN2O2S. The third kappa shape index (κ3) is 3.82. The van der Waals surface area contributed by atoms with Gasteiger partial charge in [-0.25, -0.2) is 9.18 Å². The van der Waals surface area contributed by atoms with Crippen molar-refractivity contribution in [2.24, 2.45) is 5.92 Å². The summed E-state index contributed by atoms with van der Waals surface area (Å²) in [4.78, 5) is 12.4. The number of thiocarbonyl (C=S) groups is 1. The first-order chi connectivity index (χ1) is 10.4. The van der Waals surface area contributed by atoms with Gasteiger partial charge in [-0.05, 0) is 42.8 Å². The number of hydrogen-bond acceptors (Lipinski definition) is 3. The van der Waals surface area contributed by atoms with E-state index in [4.69, 9.17) is 17.0 Å². The summed E-state index contributed by atoms with van der Waals surface area (Å²) >= 11 is 5.14. The number of hydrogen-bond donors (Lipinski definition) is 2. The van der Waals surface area contributed by atoms with Crippen molar-refractivity contribution in [2.45, 2.75) is 26.8 Å². The molecule has 118 valence electrons. The van der Waals surface area contributed by atoms with Crippen LogP contribution in [-0.4, -0.2) is 17.7 Å². The Bertz CT molecular complexity index is 628. The van der Waals surface area contributed by atoms with E-state index in [1.54, 1.807) is 19.1 Å². The highest BCUT2D eigenvalue weighted by Gasteiger charge is 2.31. The van der Waals surface area contributed by atoms with Gasteiger partial charge in [0.1, 0.15) is 5.82 Å². The molecule has 1 aromatic carbocycles. The molecule has 0 bridgehead atoms. The Kier molecular flexibility index (Phi) is 5.13. The fourth-order valence-corrected chi connectivity index (χ4v) is 2.49. The normalized spacial score (nSPS) is 18.0. The maximum atomic E-state index is 13.5. The second kappa shape index (κ2) is 6.87. The van der Waals surface area contributed by atoms with Crippen molar-refractivity contribution in [1.29, 1.82) is 0 Å². The molecule has 0 fully saturated rings. The van der Waals surface area contributed by atoms with E-state index in [1.165, 1.54) is 12.1 Å². The summed E-state index contributed by atoms with van der Waals surface area (Å²) in [5.74, 6) is -0.553. The maximum absolute atomic E-state index is 13.5. The van der Waals surface area contributed by atoms with E-state index < -0.39 is 12.0 Å². The first-order valence-electron chi connectivity index (χ1n) is 7.09. The molecule has 1 atom stereocenters. The van der Waals surface area contributed by atoms with Crippen molar-refractivity contribution in [3.63, 3.8) is 0 Å². The molecule has 0 saturated carbocycles. The van der Waals surface area contributed by atoms with Gasteiger partial charge in [-0.2, -0.15) is 0 Å². The Morgan fingerprint density at radius 2 is 2.18 bits per heavy atom. The molecule has 1 aliphatic heterocycles. The van der Waals surface area contributed by atoms with Crippen LogP contribution in [0.1, 0.15) is 32.4 Å². The van der Waals surface area contributed by atoms with Crippen LogP contribution >= 0.6 is 12.2 Å². The van der Waals surface area contributed by atoms with E-state index in [0.717, 1.165) is 0 Å². The topological polar surface area (TPSA) is 50.4 Å². The molecular weight excluding hydrogens is 303 g/mol. The minimum absolute atomic E-state index is 0.239. The lowest BCUT2D eigenvalue weighted by atomic mass is 9.95. The van der Waals surface area contributed by atoms with E-state index in [2.05, 4.69) is 10.6 Å². The third-order valence-corrected chi connectivity index (χ3v) is 3.44. The van der Waals surface area contributed by atoms with Crippen LogP contribution in [0.3, 0.4) is 0 Å². The highest BCUT2D eigenvalue weighted by molar-refractivity contribution is 7.80. The summed E-state index contributed by atoms with van der Waals surface area (Å²) in [6.07, 6.45) is 0. The maximum Gasteiger partial charge on any atom is 0.338 e. The summed E-state index contributed by atoms with van der Waals surface area (Å²) in [5, 5.41) is 6.32. The second-order valence-corrected chi connectivity index (χ2v) is 6.03. The quantitative estimate of drug-likeness (QED) is 0.659. The van der Waals surface area contributed by atoms with E-state index >= 15 is 0 Å². The number of halogens is 1. The van der Waals surface area contributed by atoms with Gasteiger partial charge >= 0.3 is 5.97 Å². The van der Waals surface area contributed by atoms with E-state index in [1.807, 2.05) is 13.8 Å². The molecule has 0 spiro atoms. The Balaban J connectivity index is 2.34. The molecule has 0 amide bonds. The van der Waals surface area contributed by atoms with Crippen LogP contribution in [0.15, 0.2) is 35.5 Å². The SMILES string of the molecule is CC1=C(C(=O)OCC(C)C)[C@@H](c2cccc(F)c2)NC(=S)N1. The minimum atomic E-state index is -0.524. The molecule has 22 heavy (non-hydrogen) atoms. The zero-order valence-corrected chi connectivity index (χ0v) is 13.6. The number of benzene rings is 1. The Morgan fingerprint density at radius 3 is 2.82 bits per heavy atom. The molecule has 2 rings (SSSR count). The number of carbonyl (C=O) groups is 1. The average molecular weight is 322 g/mol. The number of esters is 1. The molecule has 0 aliphatic carbocycles. The molecule has 1 aromatic rings. The monoisotopic (exact) mass is 322 g/mol. The van der Waals surface area contributed by atoms with Crippen molar-refractivity contribution in [1.82, 2.24) is 10.6 Å². The zero-order valence-electron chi connectivity index (χ0n) is 12.8. The van der Waals surface area contributed by atoms with Crippen LogP contribution in [0, 0.1) is 11.7 Å². The number of rotatable bonds is 4. The molecule has 0 unspecified atom stereocenters. The molecule has 1 aliphatic rings. The lowest BCUT2D eigenvalue weighted by molar-refractivity contribution is -0.140. The fourth-order valence-electron chi connectivity index (χ4n) is 2.22. The van der Waals surface area contributed by atoms with E-state index in [0.29, 0.717) is 28.6 Å². The van der Waals surface area contributed by atoms with E-state index in [9.17, 15) is 9.18 Å². The average Bonchev–Trinajstić information content (AvgIpc) is 2.44. The highest BCUT2D eigenvalue weighted by atomic mass is 32.1. The van der Waals surface area contributed by atoms with Crippen LogP contribution in [0.25, 0.3) is 0 Å². The molecule has 6 heteroatoms. The number of allylic oxidation sites excluding steroid dienone is 1. The van der Waals surface area contributed by atoms with Gasteiger partial charge in [0, 0.05) is 5.70 Å². The molecule has 4 nitrogen and oxygen atoms in total. The summed E-state index contributed by atoms with van der Waals surface area (Å²) in [5.41, 5.74) is 1.66. The van der Waals surface area contributed by atoms with Crippen LogP contribution in [0.4, 0.5) is 4.39 Å². The Labute approximate surface area is 134 Å². The first-order valence-corrected chi connectivity index (χ1v) is 7.50. The summed E-state index contributed by atoms with van der Waals surface area (Å²) < 4.78 is 18.8. The van der Waals surface area contributed by atoms with Crippen LogP contribution in [0.5, 0.6) is 0 Å². The lowest BCUT2D eigenvalue weighted by Crippen LogP contribution is -2.45. The van der Waals surface area contributed by atoms with Gasteiger partial charge in [0.2, 0.25) is 0 Å². The van der Waals surface area contributed by atoms with Gasteiger partial charge in [0.05, 0.1) is 18.2 Å². The zero-order chi connectivity index (χ0) is 16.3. The van der Waals surface area contributed by atoms with Crippen molar-refractivity contribution in [3.8, 4) is 0 Å². The first kappa shape index (κ1) is 16.4. The summed E-state index contributed by atoms with van der Waals surface area (Å²) in [7, 11) is 0. The van der Waals surface area contributed by atoms with Gasteiger partial charge in [0.15, 0.2) is 5.11 Å². The van der Waals surface area contributed by atoms with Gasteiger partial charge < -0.3 is 15.4 Å². The third-order valence-electron chi connectivity index (χ3n) is 3.22. The number of carbonyl (C=O) groups excluding carboxylic acids is 1.